The quantitative estimate of drug-likeness (QED) is 0.528. The molecule has 110 valence electrons. The van der Waals surface area contributed by atoms with Crippen molar-refractivity contribution in [1.29, 1.82) is 0 Å². The summed E-state index contributed by atoms with van der Waals surface area (Å²) in [5, 5.41) is 3.61. The molecule has 0 saturated heterocycles. The maximum atomic E-state index is 5.12. The molecule has 18 heavy (non-hydrogen) atoms. The molecule has 0 spiro atoms. The molecule has 0 aliphatic heterocycles. The van der Waals surface area contributed by atoms with Crippen molar-refractivity contribution < 1.29 is 4.74 Å². The van der Waals surface area contributed by atoms with Gasteiger partial charge in [-0.1, -0.05) is 53.4 Å². The van der Waals surface area contributed by atoms with Crippen molar-refractivity contribution in [2.75, 3.05) is 26.8 Å². The molecule has 0 aliphatic carbocycles. The summed E-state index contributed by atoms with van der Waals surface area (Å²) < 4.78 is 5.12. The molecule has 1 N–H and O–H groups in total. The van der Waals surface area contributed by atoms with Crippen LogP contribution in [0.1, 0.15) is 66.2 Å². The molecular formula is C16H35NO. The molecule has 2 nitrogen and oxygen atoms in total. The largest absolute Gasteiger partial charge is 0.383 e. The van der Waals surface area contributed by atoms with Crippen LogP contribution in [0.2, 0.25) is 0 Å². The first-order valence-electron chi connectivity index (χ1n) is 7.90. The normalized spacial score (nSPS) is 15.0. The Balaban J connectivity index is 4.52. The first-order chi connectivity index (χ1) is 8.70. The van der Waals surface area contributed by atoms with Crippen LogP contribution in [0.5, 0.6) is 0 Å². The van der Waals surface area contributed by atoms with E-state index in [0.29, 0.717) is 5.41 Å². The number of nitrogens with one attached hydrogen (secondary N) is 1. The third-order valence-electron chi connectivity index (χ3n) is 4.54. The Morgan fingerprint density at radius 1 is 1.11 bits per heavy atom. The Kier molecular flexibility index (Phi) is 10.8. The maximum Gasteiger partial charge on any atom is 0.0587 e. The average molecular weight is 257 g/mol. The summed E-state index contributed by atoms with van der Waals surface area (Å²) in [6.07, 6.45) is 7.93. The predicted octanol–water partition coefficient (Wildman–Crippen LogP) is 4.25. The zero-order valence-electron chi connectivity index (χ0n) is 13.3. The maximum absolute atomic E-state index is 5.12. The molecule has 0 fully saturated rings. The summed E-state index contributed by atoms with van der Waals surface area (Å²) in [6.45, 7) is 12.3. The van der Waals surface area contributed by atoms with E-state index in [2.05, 4.69) is 33.0 Å². The average Bonchev–Trinajstić information content (AvgIpc) is 2.41. The van der Waals surface area contributed by atoms with Crippen LogP contribution in [0.25, 0.3) is 0 Å². The van der Waals surface area contributed by atoms with Crippen molar-refractivity contribution in [2.45, 2.75) is 66.2 Å². The third kappa shape index (κ3) is 5.71. The van der Waals surface area contributed by atoms with Crippen molar-refractivity contribution in [3.05, 3.63) is 0 Å². The van der Waals surface area contributed by atoms with Crippen molar-refractivity contribution in [3.8, 4) is 0 Å². The van der Waals surface area contributed by atoms with Gasteiger partial charge in [0, 0.05) is 20.2 Å². The lowest BCUT2D eigenvalue weighted by atomic mass is 9.67. The van der Waals surface area contributed by atoms with Crippen LogP contribution in [0, 0.1) is 11.3 Å². The zero-order chi connectivity index (χ0) is 13.9. The highest BCUT2D eigenvalue weighted by Gasteiger charge is 2.33. The van der Waals surface area contributed by atoms with Gasteiger partial charge in [0.15, 0.2) is 0 Å². The molecule has 0 heterocycles. The van der Waals surface area contributed by atoms with Crippen LogP contribution in [0.4, 0.5) is 0 Å². The molecule has 0 bridgehead atoms. The van der Waals surface area contributed by atoms with Gasteiger partial charge in [-0.25, -0.2) is 0 Å². The van der Waals surface area contributed by atoms with E-state index >= 15 is 0 Å². The first-order valence-corrected chi connectivity index (χ1v) is 7.90. The van der Waals surface area contributed by atoms with E-state index in [-0.39, 0.29) is 0 Å². The van der Waals surface area contributed by atoms with E-state index in [1.54, 1.807) is 7.11 Å². The van der Waals surface area contributed by atoms with E-state index in [1.807, 2.05) is 0 Å². The summed E-state index contributed by atoms with van der Waals surface area (Å²) in [5.74, 6) is 0.851. The lowest BCUT2D eigenvalue weighted by Crippen LogP contribution is -2.41. The molecule has 0 aromatic rings. The fourth-order valence-corrected chi connectivity index (χ4v) is 3.22. The Morgan fingerprint density at radius 3 is 2.22 bits per heavy atom. The second kappa shape index (κ2) is 10.8. The monoisotopic (exact) mass is 257 g/mol. The molecule has 0 aromatic heterocycles. The number of hydrogen-bond donors (Lipinski definition) is 1. The second-order valence-corrected chi connectivity index (χ2v) is 5.50. The van der Waals surface area contributed by atoms with E-state index in [9.17, 15) is 0 Å². The van der Waals surface area contributed by atoms with Gasteiger partial charge < -0.3 is 10.1 Å². The number of methoxy groups -OCH3 is 1. The minimum atomic E-state index is 0.493. The number of ether oxygens (including phenoxy) is 1. The summed E-state index contributed by atoms with van der Waals surface area (Å²) >= 11 is 0. The van der Waals surface area contributed by atoms with Gasteiger partial charge in [-0.3, -0.25) is 0 Å². The third-order valence-corrected chi connectivity index (χ3v) is 4.54. The Morgan fingerprint density at radius 2 is 1.78 bits per heavy atom. The van der Waals surface area contributed by atoms with Crippen molar-refractivity contribution >= 4 is 0 Å². The Labute approximate surface area is 115 Å². The topological polar surface area (TPSA) is 21.3 Å². The Hall–Kier alpha value is -0.0800. The minimum Gasteiger partial charge on any atom is -0.383 e. The van der Waals surface area contributed by atoms with Gasteiger partial charge in [0.2, 0.25) is 0 Å². The van der Waals surface area contributed by atoms with Crippen LogP contribution in [-0.4, -0.2) is 26.8 Å². The van der Waals surface area contributed by atoms with Gasteiger partial charge in [0.25, 0.3) is 0 Å². The van der Waals surface area contributed by atoms with Crippen LogP contribution >= 0.6 is 0 Å². The highest BCUT2D eigenvalue weighted by molar-refractivity contribution is 4.86. The molecule has 0 rings (SSSR count). The number of hydrogen-bond acceptors (Lipinski definition) is 2. The van der Waals surface area contributed by atoms with Gasteiger partial charge in [-0.05, 0) is 24.2 Å². The zero-order valence-corrected chi connectivity index (χ0v) is 13.3. The van der Waals surface area contributed by atoms with Gasteiger partial charge in [0.05, 0.1) is 6.61 Å². The van der Waals surface area contributed by atoms with Gasteiger partial charge in [0.1, 0.15) is 0 Å². The molecule has 1 unspecified atom stereocenters. The van der Waals surface area contributed by atoms with Crippen LogP contribution < -0.4 is 5.32 Å². The van der Waals surface area contributed by atoms with Crippen LogP contribution in [-0.2, 0) is 4.74 Å². The second-order valence-electron chi connectivity index (χ2n) is 5.50. The molecule has 2 heteroatoms. The minimum absolute atomic E-state index is 0.493. The van der Waals surface area contributed by atoms with Gasteiger partial charge in [-0.15, -0.1) is 0 Å². The smallest absolute Gasteiger partial charge is 0.0587 e. The number of unbranched alkanes of at least 4 members (excludes halogenated alkanes) is 1. The summed E-state index contributed by atoms with van der Waals surface area (Å²) in [5.41, 5.74) is 0.493. The molecule has 0 amide bonds. The van der Waals surface area contributed by atoms with E-state index in [4.69, 9.17) is 4.74 Å². The first kappa shape index (κ1) is 17.9. The molecule has 0 radical (unpaired) electrons. The van der Waals surface area contributed by atoms with E-state index in [0.717, 1.165) is 25.6 Å². The van der Waals surface area contributed by atoms with Crippen molar-refractivity contribution in [3.63, 3.8) is 0 Å². The van der Waals surface area contributed by atoms with E-state index < -0.39 is 0 Å². The molecule has 0 aromatic carbocycles. The van der Waals surface area contributed by atoms with Crippen LogP contribution in [0.15, 0.2) is 0 Å². The highest BCUT2D eigenvalue weighted by atomic mass is 16.5. The molecule has 0 aliphatic rings. The highest BCUT2D eigenvalue weighted by Crippen LogP contribution is 2.40. The lowest BCUT2D eigenvalue weighted by molar-refractivity contribution is 0.112. The van der Waals surface area contributed by atoms with Gasteiger partial charge >= 0.3 is 0 Å². The lowest BCUT2D eigenvalue weighted by Gasteiger charge is -2.40. The fraction of sp³-hybridized carbons (Fsp3) is 1.00. The molecule has 1 atom stereocenters. The fourth-order valence-electron chi connectivity index (χ4n) is 3.22. The molecule has 0 saturated carbocycles. The van der Waals surface area contributed by atoms with Crippen molar-refractivity contribution in [1.82, 2.24) is 5.32 Å². The van der Waals surface area contributed by atoms with E-state index in [1.165, 1.54) is 38.5 Å². The van der Waals surface area contributed by atoms with Gasteiger partial charge in [-0.2, -0.15) is 0 Å². The Bertz CT molecular complexity index is 180. The standard InChI is InChI=1S/C16H35NO/c1-6-10-11-16(9-4,15(7-2)8-3)14-17-12-13-18-5/h15,17H,6-14H2,1-5H3. The summed E-state index contributed by atoms with van der Waals surface area (Å²) in [7, 11) is 1.77. The number of rotatable bonds is 12. The van der Waals surface area contributed by atoms with Crippen LogP contribution in [0.3, 0.4) is 0 Å². The molecular weight excluding hydrogens is 222 g/mol. The SMILES string of the molecule is CCCCC(CC)(CNCCOC)C(CC)CC. The van der Waals surface area contributed by atoms with Crippen molar-refractivity contribution in [2.24, 2.45) is 11.3 Å². The summed E-state index contributed by atoms with van der Waals surface area (Å²) in [6, 6.07) is 0. The predicted molar refractivity (Wildman–Crippen MR) is 81.1 cm³/mol. The summed E-state index contributed by atoms with van der Waals surface area (Å²) in [4.78, 5) is 0.